The minimum Gasteiger partial charge on any atom is -0.454 e. The molecule has 2 heterocycles. The first-order chi connectivity index (χ1) is 14.0. The predicted octanol–water partition coefficient (Wildman–Crippen LogP) is 2.57. The minimum atomic E-state index is -3.79. The third-order valence-electron chi connectivity index (χ3n) is 5.62. The zero-order valence-corrected chi connectivity index (χ0v) is 17.6. The molecule has 0 spiro atoms. The Bertz CT molecular complexity index is 789. The topological polar surface area (TPSA) is 84.0 Å². The van der Waals surface area contributed by atoms with Gasteiger partial charge in [0, 0.05) is 19.6 Å². The lowest BCUT2D eigenvalue weighted by Crippen LogP contribution is -2.49. The molecule has 1 aromatic carbocycles. The van der Waals surface area contributed by atoms with Crippen LogP contribution in [0.15, 0.2) is 35.2 Å². The molecule has 0 saturated carbocycles. The highest BCUT2D eigenvalue weighted by atomic mass is 32.2. The Kier molecular flexibility index (Phi) is 7.66. The van der Waals surface area contributed by atoms with Gasteiger partial charge in [-0.25, -0.2) is 8.42 Å². The van der Waals surface area contributed by atoms with Gasteiger partial charge < -0.3 is 9.64 Å². The third kappa shape index (κ3) is 5.57. The predicted molar refractivity (Wildman–Crippen MR) is 109 cm³/mol. The second-order valence-electron chi connectivity index (χ2n) is 7.70. The largest absolute Gasteiger partial charge is 0.454 e. The molecule has 2 aliphatic rings. The Balaban J connectivity index is 1.63. The summed E-state index contributed by atoms with van der Waals surface area (Å²) in [5, 5.41) is 0. The van der Waals surface area contributed by atoms with Crippen molar-refractivity contribution in [2.24, 2.45) is 0 Å². The Morgan fingerprint density at radius 1 is 0.897 bits per heavy atom. The second kappa shape index (κ2) is 10.2. The molecule has 1 amide bonds. The highest BCUT2D eigenvalue weighted by molar-refractivity contribution is 7.89. The third-order valence-corrected chi connectivity index (χ3v) is 7.54. The summed E-state index contributed by atoms with van der Waals surface area (Å²) < 4.78 is 32.5. The number of hydrogen-bond acceptors (Lipinski definition) is 5. The number of piperidine rings is 1. The molecule has 8 heteroatoms. The summed E-state index contributed by atoms with van der Waals surface area (Å²) in [6.45, 7) is 1.33. The monoisotopic (exact) mass is 422 g/mol. The van der Waals surface area contributed by atoms with Crippen molar-refractivity contribution in [3.05, 3.63) is 30.3 Å². The summed E-state index contributed by atoms with van der Waals surface area (Å²) in [6.07, 6.45) is 7.20. The first kappa shape index (κ1) is 21.8. The van der Waals surface area contributed by atoms with E-state index in [1.54, 1.807) is 23.1 Å². The molecule has 2 aliphatic heterocycles. The zero-order valence-electron chi connectivity index (χ0n) is 16.8. The highest BCUT2D eigenvalue weighted by Crippen LogP contribution is 2.26. The number of ether oxygens (including phenoxy) is 1. The summed E-state index contributed by atoms with van der Waals surface area (Å²) in [4.78, 5) is 27.1. The average molecular weight is 423 g/mol. The lowest BCUT2D eigenvalue weighted by Gasteiger charge is -2.33. The van der Waals surface area contributed by atoms with Gasteiger partial charge in [0.25, 0.3) is 5.91 Å². The second-order valence-corrected chi connectivity index (χ2v) is 9.59. The van der Waals surface area contributed by atoms with Crippen LogP contribution in [-0.4, -0.2) is 61.8 Å². The van der Waals surface area contributed by atoms with Gasteiger partial charge in [-0.05, 0) is 44.2 Å². The number of nitrogens with zero attached hydrogens (tertiary/aromatic N) is 2. The van der Waals surface area contributed by atoms with Crippen molar-refractivity contribution in [1.29, 1.82) is 0 Å². The summed E-state index contributed by atoms with van der Waals surface area (Å²) in [5.74, 6) is -0.835. The molecule has 0 N–H and O–H groups in total. The fourth-order valence-electron chi connectivity index (χ4n) is 3.97. The molecule has 160 valence electrons. The van der Waals surface area contributed by atoms with Crippen molar-refractivity contribution in [1.82, 2.24) is 9.21 Å². The number of likely N-dealkylation sites (tertiary alicyclic amines) is 1. The van der Waals surface area contributed by atoms with E-state index < -0.39 is 22.0 Å². The van der Waals surface area contributed by atoms with E-state index in [-0.39, 0.29) is 24.0 Å². The van der Waals surface area contributed by atoms with E-state index in [9.17, 15) is 18.0 Å². The molecule has 0 aliphatic carbocycles. The van der Waals surface area contributed by atoms with Gasteiger partial charge in [0.1, 0.15) is 6.04 Å². The fraction of sp³-hybridized carbons (Fsp3) is 0.619. The number of hydrogen-bond donors (Lipinski definition) is 0. The number of carbonyl (C=O) groups is 2. The van der Waals surface area contributed by atoms with Gasteiger partial charge in [0.2, 0.25) is 10.0 Å². The van der Waals surface area contributed by atoms with Crippen LogP contribution in [0.25, 0.3) is 0 Å². The van der Waals surface area contributed by atoms with Crippen molar-refractivity contribution in [2.75, 3.05) is 26.2 Å². The summed E-state index contributed by atoms with van der Waals surface area (Å²) in [7, 11) is -3.79. The highest BCUT2D eigenvalue weighted by Gasteiger charge is 2.38. The number of esters is 1. The van der Waals surface area contributed by atoms with Crippen LogP contribution in [0.2, 0.25) is 0 Å². The van der Waals surface area contributed by atoms with E-state index >= 15 is 0 Å². The van der Waals surface area contributed by atoms with Gasteiger partial charge in [0.05, 0.1) is 4.90 Å². The van der Waals surface area contributed by atoms with Gasteiger partial charge >= 0.3 is 5.97 Å². The molecule has 3 rings (SSSR count). The zero-order chi connectivity index (χ0) is 20.7. The molecule has 2 saturated heterocycles. The molecule has 1 atom stereocenters. The van der Waals surface area contributed by atoms with E-state index in [1.807, 2.05) is 0 Å². The van der Waals surface area contributed by atoms with Gasteiger partial charge in [0.15, 0.2) is 6.61 Å². The molecule has 2 fully saturated rings. The number of benzene rings is 1. The lowest BCUT2D eigenvalue weighted by atomic mass is 10.1. The molecule has 29 heavy (non-hydrogen) atoms. The van der Waals surface area contributed by atoms with E-state index in [2.05, 4.69) is 0 Å². The first-order valence-electron chi connectivity index (χ1n) is 10.5. The number of sulfonamides is 1. The van der Waals surface area contributed by atoms with E-state index in [1.165, 1.54) is 22.9 Å². The van der Waals surface area contributed by atoms with Crippen LogP contribution in [0.3, 0.4) is 0 Å². The SMILES string of the molecule is O=C(OCC(=O)N1CCCCCCC1)[C@H]1CCCCN1S(=O)(=O)c1ccccc1. The van der Waals surface area contributed by atoms with Gasteiger partial charge in [-0.2, -0.15) is 4.31 Å². The van der Waals surface area contributed by atoms with Crippen LogP contribution in [0, 0.1) is 0 Å². The van der Waals surface area contributed by atoms with E-state index in [0.29, 0.717) is 25.9 Å². The van der Waals surface area contributed by atoms with Gasteiger partial charge in [-0.15, -0.1) is 0 Å². The van der Waals surface area contributed by atoms with Gasteiger partial charge in [-0.1, -0.05) is 37.5 Å². The lowest BCUT2D eigenvalue weighted by molar-refractivity contribution is -0.156. The molecule has 0 bridgehead atoms. The molecular formula is C21H30N2O5S. The quantitative estimate of drug-likeness (QED) is 0.681. The van der Waals surface area contributed by atoms with Crippen LogP contribution < -0.4 is 0 Å². The van der Waals surface area contributed by atoms with Crippen molar-refractivity contribution < 1.29 is 22.7 Å². The maximum atomic E-state index is 13.0. The molecule has 0 aromatic heterocycles. The van der Waals surface area contributed by atoms with Crippen LogP contribution in [-0.2, 0) is 24.3 Å². The maximum absolute atomic E-state index is 13.0. The van der Waals surface area contributed by atoms with E-state index in [0.717, 1.165) is 32.1 Å². The van der Waals surface area contributed by atoms with Crippen LogP contribution >= 0.6 is 0 Å². The molecular weight excluding hydrogens is 392 g/mol. The van der Waals surface area contributed by atoms with Crippen molar-refractivity contribution in [3.8, 4) is 0 Å². The number of carbonyl (C=O) groups excluding carboxylic acids is 2. The van der Waals surface area contributed by atoms with Gasteiger partial charge in [-0.3, -0.25) is 9.59 Å². The fourth-order valence-corrected chi connectivity index (χ4v) is 5.64. The summed E-state index contributed by atoms with van der Waals surface area (Å²) in [6, 6.07) is 7.24. The summed E-state index contributed by atoms with van der Waals surface area (Å²) in [5.41, 5.74) is 0. The Labute approximate surface area is 173 Å². The summed E-state index contributed by atoms with van der Waals surface area (Å²) >= 11 is 0. The Morgan fingerprint density at radius 2 is 1.52 bits per heavy atom. The van der Waals surface area contributed by atoms with Crippen molar-refractivity contribution in [3.63, 3.8) is 0 Å². The van der Waals surface area contributed by atoms with Crippen molar-refractivity contribution in [2.45, 2.75) is 62.3 Å². The first-order valence-corrected chi connectivity index (χ1v) is 12.0. The average Bonchev–Trinajstić information content (AvgIpc) is 2.72. The molecule has 7 nitrogen and oxygen atoms in total. The van der Waals surface area contributed by atoms with Crippen LogP contribution in [0.5, 0.6) is 0 Å². The van der Waals surface area contributed by atoms with Crippen molar-refractivity contribution >= 4 is 21.9 Å². The number of rotatable bonds is 5. The maximum Gasteiger partial charge on any atom is 0.324 e. The van der Waals surface area contributed by atoms with Crippen LogP contribution in [0.1, 0.15) is 51.4 Å². The standard InChI is InChI=1S/C21H30N2O5S/c24-20(22-14-8-2-1-3-9-15-22)17-28-21(25)19-13-7-10-16-23(19)29(26,27)18-11-5-4-6-12-18/h4-6,11-12,19H,1-3,7-10,13-17H2/t19-/m1/s1. The smallest absolute Gasteiger partial charge is 0.324 e. The van der Waals surface area contributed by atoms with Crippen LogP contribution in [0.4, 0.5) is 0 Å². The molecule has 0 radical (unpaired) electrons. The molecule has 1 aromatic rings. The minimum absolute atomic E-state index is 0.163. The Morgan fingerprint density at radius 3 is 2.21 bits per heavy atom. The normalized spacial score (nSPS) is 21.8. The molecule has 0 unspecified atom stereocenters. The Hall–Kier alpha value is -1.93. The number of amides is 1. The van der Waals surface area contributed by atoms with E-state index in [4.69, 9.17) is 4.74 Å².